The molecule has 0 saturated carbocycles. The Morgan fingerprint density at radius 1 is 1.18 bits per heavy atom. The van der Waals surface area contributed by atoms with Gasteiger partial charge in [-0.05, 0) is 37.3 Å². The SMILES string of the molecule is O=C1CC2(CCN(c3cnccn3)CC2)c2ccccc2N1CC1CCCO1. The number of hydrogen-bond donors (Lipinski definition) is 0. The molecule has 2 saturated heterocycles. The standard InChI is InChI=1S/C22H26N4O2/c27-21-14-22(7-11-25(12-8-22)20-15-23-9-10-24-20)18-5-1-2-6-19(18)26(21)16-17-4-3-13-28-17/h1-2,5-6,9-10,15,17H,3-4,7-8,11-14,16H2. The van der Waals surface area contributed by atoms with Crippen LogP contribution in [0, 0.1) is 0 Å². The number of carbonyl (C=O) groups excluding carboxylic acids is 1. The minimum atomic E-state index is -0.0700. The van der Waals surface area contributed by atoms with Crippen molar-refractivity contribution in [3.63, 3.8) is 0 Å². The molecule has 1 amide bonds. The quantitative estimate of drug-likeness (QED) is 0.822. The summed E-state index contributed by atoms with van der Waals surface area (Å²) >= 11 is 0. The predicted octanol–water partition coefficient (Wildman–Crippen LogP) is 2.93. The van der Waals surface area contributed by atoms with Crippen molar-refractivity contribution in [2.24, 2.45) is 0 Å². The summed E-state index contributed by atoms with van der Waals surface area (Å²) in [4.78, 5) is 26.1. The van der Waals surface area contributed by atoms with Crippen LogP contribution in [0.2, 0.25) is 0 Å². The highest BCUT2D eigenvalue weighted by Crippen LogP contribution is 2.47. The topological polar surface area (TPSA) is 58.6 Å². The van der Waals surface area contributed by atoms with Crippen LogP contribution >= 0.6 is 0 Å². The van der Waals surface area contributed by atoms with E-state index >= 15 is 0 Å². The fourth-order valence-corrected chi connectivity index (χ4v) is 5.03. The molecule has 3 aliphatic rings. The number of rotatable bonds is 3. The van der Waals surface area contributed by atoms with E-state index < -0.39 is 0 Å². The maximum absolute atomic E-state index is 13.2. The summed E-state index contributed by atoms with van der Waals surface area (Å²) in [6.07, 6.45) is 10.1. The Labute approximate surface area is 165 Å². The van der Waals surface area contributed by atoms with Crippen LogP contribution in [0.25, 0.3) is 0 Å². The molecular weight excluding hydrogens is 352 g/mol. The molecule has 28 heavy (non-hydrogen) atoms. The van der Waals surface area contributed by atoms with Gasteiger partial charge < -0.3 is 14.5 Å². The van der Waals surface area contributed by atoms with E-state index in [4.69, 9.17) is 4.74 Å². The lowest BCUT2D eigenvalue weighted by molar-refractivity contribution is -0.121. The van der Waals surface area contributed by atoms with Crippen molar-refractivity contribution in [2.75, 3.05) is 36.0 Å². The van der Waals surface area contributed by atoms with Crippen molar-refractivity contribution in [1.29, 1.82) is 0 Å². The van der Waals surface area contributed by atoms with Gasteiger partial charge in [0, 0.05) is 49.6 Å². The summed E-state index contributed by atoms with van der Waals surface area (Å²) in [5.74, 6) is 1.16. The van der Waals surface area contributed by atoms with E-state index in [1.165, 1.54) is 5.56 Å². The van der Waals surface area contributed by atoms with Gasteiger partial charge >= 0.3 is 0 Å². The Bertz CT molecular complexity index is 843. The van der Waals surface area contributed by atoms with Crippen LogP contribution < -0.4 is 9.80 Å². The molecule has 5 rings (SSSR count). The smallest absolute Gasteiger partial charge is 0.227 e. The molecule has 1 spiro atoms. The largest absolute Gasteiger partial charge is 0.376 e. The lowest BCUT2D eigenvalue weighted by atomic mass is 9.67. The monoisotopic (exact) mass is 378 g/mol. The first-order valence-corrected chi connectivity index (χ1v) is 10.3. The molecule has 6 nitrogen and oxygen atoms in total. The average molecular weight is 378 g/mol. The van der Waals surface area contributed by atoms with E-state index in [0.29, 0.717) is 13.0 Å². The summed E-state index contributed by atoms with van der Waals surface area (Å²) < 4.78 is 5.81. The predicted molar refractivity (Wildman–Crippen MR) is 108 cm³/mol. The van der Waals surface area contributed by atoms with Crippen molar-refractivity contribution in [2.45, 2.75) is 43.6 Å². The molecule has 0 aliphatic carbocycles. The molecule has 1 aromatic carbocycles. The van der Waals surface area contributed by atoms with Gasteiger partial charge in [-0.15, -0.1) is 0 Å². The second-order valence-electron chi connectivity index (χ2n) is 8.16. The minimum Gasteiger partial charge on any atom is -0.376 e. The second-order valence-corrected chi connectivity index (χ2v) is 8.16. The molecule has 6 heteroatoms. The van der Waals surface area contributed by atoms with Gasteiger partial charge in [0.15, 0.2) is 0 Å². The summed E-state index contributed by atoms with van der Waals surface area (Å²) in [6, 6.07) is 8.48. The first-order chi connectivity index (χ1) is 13.8. The number of hydrogen-bond acceptors (Lipinski definition) is 5. The number of fused-ring (bicyclic) bond motifs is 2. The zero-order valence-electron chi connectivity index (χ0n) is 16.1. The fraction of sp³-hybridized carbons (Fsp3) is 0.500. The number of para-hydroxylation sites is 1. The zero-order valence-corrected chi connectivity index (χ0v) is 16.1. The zero-order chi connectivity index (χ0) is 19.0. The van der Waals surface area contributed by atoms with Crippen LogP contribution in [-0.2, 0) is 14.9 Å². The molecule has 146 valence electrons. The number of benzene rings is 1. The normalized spacial score (nSPS) is 23.9. The van der Waals surface area contributed by atoms with E-state index in [-0.39, 0.29) is 17.4 Å². The van der Waals surface area contributed by atoms with Gasteiger partial charge in [-0.1, -0.05) is 18.2 Å². The van der Waals surface area contributed by atoms with Crippen molar-refractivity contribution < 1.29 is 9.53 Å². The van der Waals surface area contributed by atoms with Crippen LogP contribution in [0.5, 0.6) is 0 Å². The number of anilines is 2. The van der Waals surface area contributed by atoms with Gasteiger partial charge in [0.25, 0.3) is 0 Å². The number of amides is 1. The molecule has 4 heterocycles. The van der Waals surface area contributed by atoms with Gasteiger partial charge in [0.2, 0.25) is 5.91 Å². The first-order valence-electron chi connectivity index (χ1n) is 10.3. The van der Waals surface area contributed by atoms with E-state index in [1.54, 1.807) is 12.4 Å². The van der Waals surface area contributed by atoms with E-state index in [2.05, 4.69) is 33.1 Å². The van der Waals surface area contributed by atoms with Crippen LogP contribution in [0.3, 0.4) is 0 Å². The summed E-state index contributed by atoms with van der Waals surface area (Å²) in [7, 11) is 0. The van der Waals surface area contributed by atoms with Crippen LogP contribution in [0.15, 0.2) is 42.9 Å². The summed E-state index contributed by atoms with van der Waals surface area (Å²) in [5.41, 5.74) is 2.34. The van der Waals surface area contributed by atoms with E-state index in [9.17, 15) is 4.79 Å². The molecule has 1 unspecified atom stereocenters. The molecule has 0 radical (unpaired) electrons. The van der Waals surface area contributed by atoms with Gasteiger partial charge in [0.05, 0.1) is 18.8 Å². The first kappa shape index (κ1) is 17.6. The lowest BCUT2D eigenvalue weighted by Gasteiger charge is -2.47. The Kier molecular flexibility index (Phi) is 4.51. The number of nitrogens with zero attached hydrogens (tertiary/aromatic N) is 4. The Morgan fingerprint density at radius 2 is 2.04 bits per heavy atom. The lowest BCUT2D eigenvalue weighted by Crippen LogP contribution is -2.51. The molecule has 3 aliphatic heterocycles. The molecule has 0 N–H and O–H groups in total. The third kappa shape index (κ3) is 3.05. The van der Waals surface area contributed by atoms with Crippen molar-refractivity contribution in [3.05, 3.63) is 48.4 Å². The molecular formula is C22H26N4O2. The highest BCUT2D eigenvalue weighted by molar-refractivity contribution is 5.98. The van der Waals surface area contributed by atoms with Gasteiger partial charge in [-0.25, -0.2) is 4.98 Å². The Balaban J connectivity index is 1.40. The summed E-state index contributed by atoms with van der Waals surface area (Å²) in [6.45, 7) is 3.28. The maximum Gasteiger partial charge on any atom is 0.227 e. The van der Waals surface area contributed by atoms with E-state index in [0.717, 1.165) is 56.9 Å². The summed E-state index contributed by atoms with van der Waals surface area (Å²) in [5, 5.41) is 0. The molecule has 1 atom stereocenters. The second kappa shape index (κ2) is 7.17. The fourth-order valence-electron chi connectivity index (χ4n) is 5.03. The third-order valence-electron chi connectivity index (χ3n) is 6.56. The number of piperidine rings is 1. The van der Waals surface area contributed by atoms with Gasteiger partial charge in [-0.2, -0.15) is 0 Å². The van der Waals surface area contributed by atoms with Gasteiger partial charge in [-0.3, -0.25) is 9.78 Å². The van der Waals surface area contributed by atoms with E-state index in [1.807, 2.05) is 17.2 Å². The van der Waals surface area contributed by atoms with Gasteiger partial charge in [0.1, 0.15) is 5.82 Å². The van der Waals surface area contributed by atoms with Crippen LogP contribution in [0.1, 0.15) is 37.7 Å². The number of ether oxygens (including phenoxy) is 1. The Hall–Kier alpha value is -2.47. The third-order valence-corrected chi connectivity index (χ3v) is 6.56. The van der Waals surface area contributed by atoms with Crippen LogP contribution in [0.4, 0.5) is 11.5 Å². The molecule has 1 aromatic heterocycles. The molecule has 2 fully saturated rings. The minimum absolute atomic E-state index is 0.0700. The highest BCUT2D eigenvalue weighted by Gasteiger charge is 2.45. The van der Waals surface area contributed by atoms with Crippen LogP contribution in [-0.4, -0.2) is 48.2 Å². The Morgan fingerprint density at radius 3 is 2.79 bits per heavy atom. The van der Waals surface area contributed by atoms with Crippen molar-refractivity contribution in [1.82, 2.24) is 9.97 Å². The average Bonchev–Trinajstić information content (AvgIpc) is 3.26. The highest BCUT2D eigenvalue weighted by atomic mass is 16.5. The number of aromatic nitrogens is 2. The van der Waals surface area contributed by atoms with Crippen molar-refractivity contribution >= 4 is 17.4 Å². The number of carbonyl (C=O) groups is 1. The van der Waals surface area contributed by atoms with Crippen molar-refractivity contribution in [3.8, 4) is 0 Å². The molecule has 2 aromatic rings. The maximum atomic E-state index is 13.2. The molecule has 0 bridgehead atoms.